The maximum atomic E-state index is 12.2. The molecule has 7 heteroatoms. The SMILES string of the molecule is Cc1nc([C@@H](C)NC(=O)CCn2nnc3ccccc32)c(C)s1. The molecule has 0 aliphatic carbocycles. The van der Waals surface area contributed by atoms with E-state index in [4.69, 9.17) is 0 Å². The number of para-hydroxylation sites is 1. The van der Waals surface area contributed by atoms with Gasteiger partial charge >= 0.3 is 0 Å². The number of carbonyl (C=O) groups excluding carboxylic acids is 1. The Hall–Kier alpha value is -2.28. The van der Waals surface area contributed by atoms with E-state index in [9.17, 15) is 4.79 Å². The fourth-order valence-corrected chi connectivity index (χ4v) is 3.53. The molecule has 2 aromatic heterocycles. The lowest BCUT2D eigenvalue weighted by Crippen LogP contribution is -2.28. The number of nitrogens with zero attached hydrogens (tertiary/aromatic N) is 4. The van der Waals surface area contributed by atoms with Gasteiger partial charge in [0, 0.05) is 11.3 Å². The maximum absolute atomic E-state index is 12.2. The molecule has 0 aliphatic heterocycles. The molecule has 6 nitrogen and oxygen atoms in total. The lowest BCUT2D eigenvalue weighted by Gasteiger charge is -2.12. The summed E-state index contributed by atoms with van der Waals surface area (Å²) in [4.78, 5) is 17.8. The fourth-order valence-electron chi connectivity index (χ4n) is 2.62. The molecule has 0 bridgehead atoms. The van der Waals surface area contributed by atoms with Gasteiger partial charge in [-0.2, -0.15) is 0 Å². The van der Waals surface area contributed by atoms with Gasteiger partial charge in [0.15, 0.2) is 0 Å². The largest absolute Gasteiger partial charge is 0.348 e. The molecule has 23 heavy (non-hydrogen) atoms. The second kappa shape index (κ2) is 6.45. The molecule has 0 aliphatic rings. The first-order valence-electron chi connectivity index (χ1n) is 7.56. The average molecular weight is 329 g/mol. The molecule has 0 unspecified atom stereocenters. The normalized spacial score (nSPS) is 12.5. The molecule has 1 atom stereocenters. The molecule has 1 N–H and O–H groups in total. The van der Waals surface area contributed by atoms with Crippen molar-refractivity contribution in [2.24, 2.45) is 0 Å². The summed E-state index contributed by atoms with van der Waals surface area (Å²) < 4.78 is 1.76. The molecule has 0 radical (unpaired) electrons. The Morgan fingerprint density at radius 2 is 2.13 bits per heavy atom. The van der Waals surface area contributed by atoms with Gasteiger partial charge in [-0.15, -0.1) is 16.4 Å². The minimum atomic E-state index is -0.0834. The summed E-state index contributed by atoms with van der Waals surface area (Å²) in [6.07, 6.45) is 0.361. The number of carbonyl (C=O) groups is 1. The molecule has 1 aromatic carbocycles. The first kappa shape index (κ1) is 15.6. The van der Waals surface area contributed by atoms with E-state index in [1.165, 1.54) is 0 Å². The van der Waals surface area contributed by atoms with Gasteiger partial charge in [-0.25, -0.2) is 9.67 Å². The molecular formula is C16H19N5OS. The van der Waals surface area contributed by atoms with Crippen LogP contribution < -0.4 is 5.32 Å². The number of benzene rings is 1. The van der Waals surface area contributed by atoms with E-state index < -0.39 is 0 Å². The monoisotopic (exact) mass is 329 g/mol. The molecule has 120 valence electrons. The van der Waals surface area contributed by atoms with Crippen LogP contribution in [0.3, 0.4) is 0 Å². The summed E-state index contributed by atoms with van der Waals surface area (Å²) in [6.45, 7) is 6.48. The molecule has 3 aromatic rings. The van der Waals surface area contributed by atoms with Crippen molar-refractivity contribution < 1.29 is 4.79 Å². The lowest BCUT2D eigenvalue weighted by atomic mass is 10.2. The highest BCUT2D eigenvalue weighted by Crippen LogP contribution is 2.22. The molecule has 0 saturated carbocycles. The van der Waals surface area contributed by atoms with E-state index in [-0.39, 0.29) is 11.9 Å². The molecule has 0 spiro atoms. The van der Waals surface area contributed by atoms with Crippen LogP contribution in [0, 0.1) is 13.8 Å². The Bertz CT molecular complexity index is 838. The van der Waals surface area contributed by atoms with Crippen LogP contribution in [-0.4, -0.2) is 25.9 Å². The van der Waals surface area contributed by atoms with Gasteiger partial charge < -0.3 is 5.32 Å². The number of aryl methyl sites for hydroxylation is 3. The van der Waals surface area contributed by atoms with Crippen LogP contribution in [0.25, 0.3) is 11.0 Å². The van der Waals surface area contributed by atoms with Crippen LogP contribution >= 0.6 is 11.3 Å². The molecule has 0 saturated heterocycles. The van der Waals surface area contributed by atoms with Gasteiger partial charge in [-0.3, -0.25) is 4.79 Å². The second-order valence-electron chi connectivity index (χ2n) is 5.51. The molecule has 0 fully saturated rings. The van der Waals surface area contributed by atoms with E-state index in [1.807, 2.05) is 45.0 Å². The second-order valence-corrected chi connectivity index (χ2v) is 6.92. The minimum absolute atomic E-state index is 0.0119. The predicted octanol–water partition coefficient (Wildman–Crippen LogP) is 2.77. The Kier molecular flexibility index (Phi) is 4.38. The van der Waals surface area contributed by atoms with Crippen LogP contribution in [0.5, 0.6) is 0 Å². The van der Waals surface area contributed by atoms with Crippen molar-refractivity contribution in [3.63, 3.8) is 0 Å². The van der Waals surface area contributed by atoms with E-state index in [2.05, 4.69) is 20.6 Å². The molecule has 3 rings (SSSR count). The van der Waals surface area contributed by atoms with Crippen molar-refractivity contribution in [1.82, 2.24) is 25.3 Å². The zero-order valence-corrected chi connectivity index (χ0v) is 14.2. The summed E-state index contributed by atoms with van der Waals surface area (Å²) in [5, 5.41) is 12.2. The van der Waals surface area contributed by atoms with Gasteiger partial charge in [0.1, 0.15) is 5.52 Å². The van der Waals surface area contributed by atoms with Crippen LogP contribution in [0.15, 0.2) is 24.3 Å². The van der Waals surface area contributed by atoms with Crippen LogP contribution in [-0.2, 0) is 11.3 Å². The first-order valence-corrected chi connectivity index (χ1v) is 8.38. The predicted molar refractivity (Wildman–Crippen MR) is 90.3 cm³/mol. The zero-order chi connectivity index (χ0) is 16.4. The van der Waals surface area contributed by atoms with Gasteiger partial charge in [0.2, 0.25) is 5.91 Å². The standard InChI is InChI=1S/C16H19N5OS/c1-10(16-11(2)23-12(3)18-16)17-15(22)8-9-21-14-7-5-4-6-13(14)19-20-21/h4-7,10H,8-9H2,1-3H3,(H,17,22)/t10-/m1/s1. The Balaban J connectivity index is 1.60. The van der Waals surface area contributed by atoms with Crippen molar-refractivity contribution in [3.05, 3.63) is 39.8 Å². The highest BCUT2D eigenvalue weighted by molar-refractivity contribution is 7.11. The number of amides is 1. The number of hydrogen-bond acceptors (Lipinski definition) is 5. The van der Waals surface area contributed by atoms with Crippen LogP contribution in [0.2, 0.25) is 0 Å². The van der Waals surface area contributed by atoms with Crippen molar-refractivity contribution >= 4 is 28.3 Å². The zero-order valence-electron chi connectivity index (χ0n) is 13.4. The van der Waals surface area contributed by atoms with Gasteiger partial charge in [-0.1, -0.05) is 17.3 Å². The third-order valence-electron chi connectivity index (χ3n) is 3.70. The first-order chi connectivity index (χ1) is 11.0. The average Bonchev–Trinajstić information content (AvgIpc) is 3.08. The number of rotatable bonds is 5. The highest BCUT2D eigenvalue weighted by atomic mass is 32.1. The minimum Gasteiger partial charge on any atom is -0.348 e. The number of nitrogens with one attached hydrogen (secondary N) is 1. The van der Waals surface area contributed by atoms with Crippen LogP contribution in [0.1, 0.15) is 35.0 Å². The van der Waals surface area contributed by atoms with Gasteiger partial charge in [-0.05, 0) is 32.9 Å². The number of thiazole rings is 1. The van der Waals surface area contributed by atoms with Crippen molar-refractivity contribution in [3.8, 4) is 0 Å². The third-order valence-corrected chi connectivity index (χ3v) is 4.60. The van der Waals surface area contributed by atoms with E-state index in [0.29, 0.717) is 13.0 Å². The van der Waals surface area contributed by atoms with E-state index >= 15 is 0 Å². The van der Waals surface area contributed by atoms with Crippen molar-refractivity contribution in [1.29, 1.82) is 0 Å². The van der Waals surface area contributed by atoms with Crippen LogP contribution in [0.4, 0.5) is 0 Å². The fraction of sp³-hybridized carbons (Fsp3) is 0.375. The summed E-state index contributed by atoms with van der Waals surface area (Å²) >= 11 is 1.65. The van der Waals surface area contributed by atoms with E-state index in [1.54, 1.807) is 16.0 Å². The Morgan fingerprint density at radius 1 is 1.35 bits per heavy atom. The molecular weight excluding hydrogens is 310 g/mol. The Labute approximate surface area is 138 Å². The molecule has 1 amide bonds. The third kappa shape index (κ3) is 3.39. The number of hydrogen-bond donors (Lipinski definition) is 1. The van der Waals surface area contributed by atoms with Gasteiger partial charge in [0.25, 0.3) is 0 Å². The summed E-state index contributed by atoms with van der Waals surface area (Å²) in [5.41, 5.74) is 2.74. The summed E-state index contributed by atoms with van der Waals surface area (Å²) in [6, 6.07) is 7.65. The van der Waals surface area contributed by atoms with Crippen molar-refractivity contribution in [2.45, 2.75) is 39.8 Å². The highest BCUT2D eigenvalue weighted by Gasteiger charge is 2.15. The summed E-state index contributed by atoms with van der Waals surface area (Å²) in [7, 11) is 0. The summed E-state index contributed by atoms with van der Waals surface area (Å²) in [5.74, 6) is -0.0119. The van der Waals surface area contributed by atoms with E-state index in [0.717, 1.165) is 26.6 Å². The smallest absolute Gasteiger partial charge is 0.222 e. The number of aromatic nitrogens is 4. The maximum Gasteiger partial charge on any atom is 0.222 e. The van der Waals surface area contributed by atoms with Gasteiger partial charge in [0.05, 0.1) is 28.8 Å². The quantitative estimate of drug-likeness (QED) is 0.781. The lowest BCUT2D eigenvalue weighted by molar-refractivity contribution is -0.122. The molecule has 2 heterocycles. The van der Waals surface area contributed by atoms with Crippen molar-refractivity contribution in [2.75, 3.05) is 0 Å². The number of fused-ring (bicyclic) bond motifs is 1. The Morgan fingerprint density at radius 3 is 2.87 bits per heavy atom. The topological polar surface area (TPSA) is 72.7 Å².